The molecule has 0 amide bonds. The van der Waals surface area contributed by atoms with Gasteiger partial charge in [-0.15, -0.1) is 0 Å². The van der Waals surface area contributed by atoms with Gasteiger partial charge in [0.25, 0.3) is 0 Å². The Hall–Kier alpha value is -3.64. The first-order valence-corrected chi connectivity index (χ1v) is 15.4. The van der Waals surface area contributed by atoms with E-state index in [1.165, 1.54) is 32.1 Å². The van der Waals surface area contributed by atoms with Crippen LogP contribution in [0.15, 0.2) is 72.8 Å². The first-order valence-electron chi connectivity index (χ1n) is 15.4. The SMILES string of the molecule is CCCCCCCCOc1ccc(-c2ccc(C(=O)Oc3ccc(C(=O)O[C@H](C)[C@@H](C)OCCCC)cc3)cc2)cc1. The van der Waals surface area contributed by atoms with Gasteiger partial charge in [0, 0.05) is 6.61 Å². The summed E-state index contributed by atoms with van der Waals surface area (Å²) >= 11 is 0. The molecule has 0 saturated heterocycles. The average molecular weight is 575 g/mol. The summed E-state index contributed by atoms with van der Waals surface area (Å²) < 4.78 is 22.6. The molecular weight excluding hydrogens is 528 g/mol. The highest BCUT2D eigenvalue weighted by Crippen LogP contribution is 2.24. The van der Waals surface area contributed by atoms with Gasteiger partial charge in [0.1, 0.15) is 17.6 Å². The van der Waals surface area contributed by atoms with Gasteiger partial charge in [0.2, 0.25) is 0 Å². The molecular formula is C36H46O6. The second-order valence-electron chi connectivity index (χ2n) is 10.7. The number of ether oxygens (including phenoxy) is 4. The second kappa shape index (κ2) is 18.0. The maximum absolute atomic E-state index is 12.7. The van der Waals surface area contributed by atoms with Crippen molar-refractivity contribution in [3.8, 4) is 22.6 Å². The van der Waals surface area contributed by atoms with E-state index in [-0.39, 0.29) is 12.2 Å². The zero-order valence-electron chi connectivity index (χ0n) is 25.6. The number of hydrogen-bond acceptors (Lipinski definition) is 6. The minimum absolute atomic E-state index is 0.194. The van der Waals surface area contributed by atoms with Gasteiger partial charge in [0.05, 0.1) is 23.8 Å². The fraction of sp³-hybridized carbons (Fsp3) is 0.444. The van der Waals surface area contributed by atoms with Crippen LogP contribution in [0.4, 0.5) is 0 Å². The summed E-state index contributed by atoms with van der Waals surface area (Å²) in [5, 5.41) is 0. The Labute approximate surface area is 251 Å². The van der Waals surface area contributed by atoms with E-state index < -0.39 is 11.9 Å². The zero-order valence-corrected chi connectivity index (χ0v) is 25.6. The fourth-order valence-corrected chi connectivity index (χ4v) is 4.32. The van der Waals surface area contributed by atoms with E-state index >= 15 is 0 Å². The van der Waals surface area contributed by atoms with Crippen LogP contribution in [-0.4, -0.2) is 37.4 Å². The molecule has 2 atom stereocenters. The smallest absolute Gasteiger partial charge is 0.343 e. The predicted molar refractivity (Wildman–Crippen MR) is 167 cm³/mol. The maximum atomic E-state index is 12.7. The first kappa shape index (κ1) is 32.9. The number of carbonyl (C=O) groups excluding carboxylic acids is 2. The van der Waals surface area contributed by atoms with Crippen molar-refractivity contribution in [2.24, 2.45) is 0 Å². The van der Waals surface area contributed by atoms with Gasteiger partial charge in [-0.2, -0.15) is 0 Å². The van der Waals surface area contributed by atoms with E-state index in [4.69, 9.17) is 18.9 Å². The molecule has 0 saturated carbocycles. The Morgan fingerprint density at radius 1 is 0.571 bits per heavy atom. The molecule has 0 aliphatic rings. The molecule has 0 aliphatic carbocycles. The number of unbranched alkanes of at least 4 members (excludes halogenated alkanes) is 6. The molecule has 0 aliphatic heterocycles. The molecule has 0 bridgehead atoms. The molecule has 3 rings (SSSR count). The highest BCUT2D eigenvalue weighted by Gasteiger charge is 2.19. The summed E-state index contributed by atoms with van der Waals surface area (Å²) in [4.78, 5) is 25.2. The Bertz CT molecular complexity index is 1200. The molecule has 0 N–H and O–H groups in total. The molecule has 0 fully saturated rings. The summed E-state index contributed by atoms with van der Waals surface area (Å²) in [6.07, 6.45) is 8.89. The molecule has 42 heavy (non-hydrogen) atoms. The summed E-state index contributed by atoms with van der Waals surface area (Å²) in [6.45, 7) is 9.42. The van der Waals surface area contributed by atoms with Gasteiger partial charge in [0.15, 0.2) is 0 Å². The molecule has 0 aromatic heterocycles. The maximum Gasteiger partial charge on any atom is 0.343 e. The van der Waals surface area contributed by atoms with Crippen LogP contribution < -0.4 is 9.47 Å². The Balaban J connectivity index is 1.46. The summed E-state index contributed by atoms with van der Waals surface area (Å²) in [5.74, 6) is 0.301. The molecule has 3 aromatic rings. The van der Waals surface area contributed by atoms with Gasteiger partial charge in [-0.25, -0.2) is 9.59 Å². The third-order valence-corrected chi connectivity index (χ3v) is 7.21. The van der Waals surface area contributed by atoms with Crippen molar-refractivity contribution in [2.75, 3.05) is 13.2 Å². The Morgan fingerprint density at radius 3 is 1.74 bits per heavy atom. The van der Waals surface area contributed by atoms with Crippen LogP contribution in [0.1, 0.15) is 99.8 Å². The van der Waals surface area contributed by atoms with Gasteiger partial charge >= 0.3 is 11.9 Å². The third kappa shape index (κ3) is 11.0. The lowest BCUT2D eigenvalue weighted by molar-refractivity contribution is -0.0384. The minimum Gasteiger partial charge on any atom is -0.494 e. The van der Waals surface area contributed by atoms with Gasteiger partial charge < -0.3 is 18.9 Å². The summed E-state index contributed by atoms with van der Waals surface area (Å²) in [7, 11) is 0. The highest BCUT2D eigenvalue weighted by atomic mass is 16.6. The van der Waals surface area contributed by atoms with E-state index in [2.05, 4.69) is 13.8 Å². The Morgan fingerprint density at radius 2 is 1.10 bits per heavy atom. The zero-order chi connectivity index (χ0) is 30.2. The van der Waals surface area contributed by atoms with Crippen molar-refractivity contribution in [1.82, 2.24) is 0 Å². The van der Waals surface area contributed by atoms with Crippen molar-refractivity contribution >= 4 is 11.9 Å². The lowest BCUT2D eigenvalue weighted by Gasteiger charge is -2.21. The van der Waals surface area contributed by atoms with Crippen LogP contribution in [0.3, 0.4) is 0 Å². The molecule has 0 unspecified atom stereocenters. The molecule has 6 nitrogen and oxygen atoms in total. The lowest BCUT2D eigenvalue weighted by Crippen LogP contribution is -2.29. The van der Waals surface area contributed by atoms with Crippen LogP contribution in [0.25, 0.3) is 11.1 Å². The normalized spacial score (nSPS) is 12.4. The highest BCUT2D eigenvalue weighted by molar-refractivity contribution is 5.92. The number of hydrogen-bond donors (Lipinski definition) is 0. The molecule has 6 heteroatoms. The lowest BCUT2D eigenvalue weighted by atomic mass is 10.0. The number of rotatable bonds is 18. The van der Waals surface area contributed by atoms with Crippen LogP contribution in [0.2, 0.25) is 0 Å². The van der Waals surface area contributed by atoms with Crippen molar-refractivity contribution < 1.29 is 28.5 Å². The summed E-state index contributed by atoms with van der Waals surface area (Å²) in [5.41, 5.74) is 2.86. The van der Waals surface area contributed by atoms with E-state index in [1.54, 1.807) is 36.4 Å². The van der Waals surface area contributed by atoms with Crippen LogP contribution in [-0.2, 0) is 9.47 Å². The van der Waals surface area contributed by atoms with Crippen LogP contribution >= 0.6 is 0 Å². The molecule has 0 heterocycles. The van der Waals surface area contributed by atoms with Crippen molar-refractivity contribution in [3.63, 3.8) is 0 Å². The number of esters is 2. The summed E-state index contributed by atoms with van der Waals surface area (Å²) in [6, 6.07) is 21.7. The van der Waals surface area contributed by atoms with Crippen molar-refractivity contribution in [3.05, 3.63) is 83.9 Å². The molecule has 0 spiro atoms. The fourth-order valence-electron chi connectivity index (χ4n) is 4.32. The van der Waals surface area contributed by atoms with Gasteiger partial charge in [-0.3, -0.25) is 0 Å². The van der Waals surface area contributed by atoms with E-state index in [1.807, 2.05) is 50.2 Å². The molecule has 3 aromatic carbocycles. The van der Waals surface area contributed by atoms with Gasteiger partial charge in [-0.1, -0.05) is 76.6 Å². The third-order valence-electron chi connectivity index (χ3n) is 7.21. The quantitative estimate of drug-likeness (QED) is 0.0857. The first-order chi connectivity index (χ1) is 20.4. The monoisotopic (exact) mass is 574 g/mol. The van der Waals surface area contributed by atoms with Crippen molar-refractivity contribution in [1.29, 1.82) is 0 Å². The van der Waals surface area contributed by atoms with E-state index in [0.29, 0.717) is 23.5 Å². The Kier molecular flexibility index (Phi) is 14.1. The number of benzene rings is 3. The molecule has 0 radical (unpaired) electrons. The topological polar surface area (TPSA) is 71.1 Å². The second-order valence-corrected chi connectivity index (χ2v) is 10.7. The largest absolute Gasteiger partial charge is 0.494 e. The van der Waals surface area contributed by atoms with Crippen LogP contribution in [0, 0.1) is 0 Å². The van der Waals surface area contributed by atoms with Gasteiger partial charge in [-0.05, 0) is 86.3 Å². The predicted octanol–water partition coefficient (Wildman–Crippen LogP) is 9.06. The van der Waals surface area contributed by atoms with E-state index in [9.17, 15) is 9.59 Å². The van der Waals surface area contributed by atoms with Crippen LogP contribution in [0.5, 0.6) is 11.5 Å². The van der Waals surface area contributed by atoms with E-state index in [0.717, 1.165) is 42.7 Å². The minimum atomic E-state index is -0.470. The van der Waals surface area contributed by atoms with Crippen molar-refractivity contribution in [2.45, 2.75) is 91.3 Å². The average Bonchev–Trinajstić information content (AvgIpc) is 3.01. The number of carbonyl (C=O) groups is 2. The molecule has 226 valence electrons. The standard InChI is InChI=1S/C36H46O6/c1-5-7-9-10-11-12-26-40-33-21-17-30(18-22-33)29-13-15-31(16-14-29)36(38)42-34-23-19-32(20-24-34)35(37)41-28(4)27(3)39-25-8-6-2/h13-24,27-28H,5-12,25-26H2,1-4H3/t27-,28-/m1/s1.